The molecular weight excluding hydrogens is 316 g/mol. The van der Waals surface area contributed by atoms with Crippen LogP contribution in [0.4, 0.5) is 11.4 Å². The van der Waals surface area contributed by atoms with Gasteiger partial charge in [0.15, 0.2) is 0 Å². The Bertz CT molecular complexity index is 654. The Balaban J connectivity index is 1.46. The highest BCUT2D eigenvalue weighted by atomic mass is 32.2. The number of anilines is 2. The van der Waals surface area contributed by atoms with Gasteiger partial charge in [-0.3, -0.25) is 4.79 Å². The first-order valence-corrected chi connectivity index (χ1v) is 9.74. The summed E-state index contributed by atoms with van der Waals surface area (Å²) in [4.78, 5) is 14.6. The van der Waals surface area contributed by atoms with E-state index in [1.54, 1.807) is 11.8 Å². The number of hydrogen-bond donors (Lipinski definition) is 1. The Hall–Kier alpha value is -1.94. The van der Waals surface area contributed by atoms with Crippen molar-refractivity contribution < 1.29 is 4.79 Å². The van der Waals surface area contributed by atoms with Gasteiger partial charge in [-0.15, -0.1) is 0 Å². The summed E-state index contributed by atoms with van der Waals surface area (Å²) in [5.41, 5.74) is 3.41. The summed E-state index contributed by atoms with van der Waals surface area (Å²) >= 11 is 1.69. The maximum atomic E-state index is 12.2. The van der Waals surface area contributed by atoms with Crippen molar-refractivity contribution in [1.29, 1.82) is 0 Å². The van der Waals surface area contributed by atoms with Gasteiger partial charge in [-0.05, 0) is 42.7 Å². The number of aryl methyl sites for hydroxylation is 1. The lowest BCUT2D eigenvalue weighted by Gasteiger charge is -2.21. The van der Waals surface area contributed by atoms with Gasteiger partial charge >= 0.3 is 0 Å². The zero-order valence-electron chi connectivity index (χ0n) is 13.9. The topological polar surface area (TPSA) is 32.3 Å². The molecule has 1 aliphatic rings. The van der Waals surface area contributed by atoms with E-state index in [1.807, 2.05) is 24.3 Å². The van der Waals surface area contributed by atoms with Gasteiger partial charge in [0.2, 0.25) is 5.91 Å². The van der Waals surface area contributed by atoms with Gasteiger partial charge in [0.1, 0.15) is 0 Å². The van der Waals surface area contributed by atoms with Crippen LogP contribution in [0.25, 0.3) is 0 Å². The quantitative estimate of drug-likeness (QED) is 0.767. The average Bonchev–Trinajstić information content (AvgIpc) is 3.15. The molecule has 1 aliphatic heterocycles. The molecular formula is C20H24N2OS. The smallest absolute Gasteiger partial charge is 0.234 e. The van der Waals surface area contributed by atoms with E-state index in [0.717, 1.165) is 36.6 Å². The number of benzene rings is 2. The van der Waals surface area contributed by atoms with Crippen molar-refractivity contribution in [3.05, 3.63) is 60.2 Å². The average molecular weight is 340 g/mol. The molecule has 0 spiro atoms. The molecule has 126 valence electrons. The van der Waals surface area contributed by atoms with Gasteiger partial charge in [0, 0.05) is 13.1 Å². The second-order valence-electron chi connectivity index (χ2n) is 6.05. The molecule has 0 atom stereocenters. The van der Waals surface area contributed by atoms with Crippen LogP contribution in [-0.4, -0.2) is 30.5 Å². The molecule has 1 fully saturated rings. The van der Waals surface area contributed by atoms with Gasteiger partial charge in [-0.25, -0.2) is 0 Å². The molecule has 1 heterocycles. The molecule has 2 aromatic rings. The van der Waals surface area contributed by atoms with E-state index >= 15 is 0 Å². The van der Waals surface area contributed by atoms with E-state index in [9.17, 15) is 4.79 Å². The van der Waals surface area contributed by atoms with E-state index < -0.39 is 0 Å². The summed E-state index contributed by atoms with van der Waals surface area (Å²) in [6.07, 6.45) is 3.47. The molecule has 1 amide bonds. The first-order valence-electron chi connectivity index (χ1n) is 8.58. The monoisotopic (exact) mass is 340 g/mol. The second-order valence-corrected chi connectivity index (χ2v) is 7.15. The third kappa shape index (κ3) is 4.78. The third-order valence-corrected chi connectivity index (χ3v) is 5.20. The van der Waals surface area contributed by atoms with E-state index in [-0.39, 0.29) is 5.91 Å². The van der Waals surface area contributed by atoms with E-state index in [0.29, 0.717) is 5.75 Å². The van der Waals surface area contributed by atoms with Crippen LogP contribution in [0.15, 0.2) is 54.6 Å². The molecule has 0 bridgehead atoms. The number of carbonyl (C=O) groups excluding carboxylic acids is 1. The van der Waals surface area contributed by atoms with E-state index in [2.05, 4.69) is 40.5 Å². The molecule has 1 N–H and O–H groups in total. The second kappa shape index (κ2) is 8.78. The summed E-state index contributed by atoms with van der Waals surface area (Å²) in [7, 11) is 0. The molecule has 0 aliphatic carbocycles. The van der Waals surface area contributed by atoms with E-state index in [1.165, 1.54) is 18.4 Å². The number of amides is 1. The maximum Gasteiger partial charge on any atom is 0.234 e. The maximum absolute atomic E-state index is 12.2. The van der Waals surface area contributed by atoms with Crippen LogP contribution in [-0.2, 0) is 11.2 Å². The van der Waals surface area contributed by atoms with Crippen LogP contribution in [0, 0.1) is 0 Å². The van der Waals surface area contributed by atoms with Crippen molar-refractivity contribution in [2.75, 3.05) is 34.8 Å². The minimum atomic E-state index is 0.0831. The molecule has 2 aromatic carbocycles. The Kier molecular flexibility index (Phi) is 6.19. The van der Waals surface area contributed by atoms with Crippen molar-refractivity contribution in [3.8, 4) is 0 Å². The lowest BCUT2D eigenvalue weighted by molar-refractivity contribution is -0.113. The molecule has 0 radical (unpaired) electrons. The number of nitrogens with zero attached hydrogens (tertiary/aromatic N) is 1. The van der Waals surface area contributed by atoms with Gasteiger partial charge in [-0.1, -0.05) is 42.5 Å². The first kappa shape index (κ1) is 16.9. The summed E-state index contributed by atoms with van der Waals surface area (Å²) in [6.45, 7) is 2.16. The van der Waals surface area contributed by atoms with Crippen molar-refractivity contribution >= 4 is 29.0 Å². The summed E-state index contributed by atoms with van der Waals surface area (Å²) in [5, 5.41) is 3.08. The number of para-hydroxylation sites is 2. The first-order chi connectivity index (χ1) is 11.8. The lowest BCUT2D eigenvalue weighted by atomic mass is 10.2. The van der Waals surface area contributed by atoms with Crippen molar-refractivity contribution in [2.45, 2.75) is 19.3 Å². The molecule has 0 saturated carbocycles. The molecule has 0 unspecified atom stereocenters. The Morgan fingerprint density at radius 2 is 1.71 bits per heavy atom. The highest BCUT2D eigenvalue weighted by Crippen LogP contribution is 2.28. The fourth-order valence-electron chi connectivity index (χ4n) is 3.00. The van der Waals surface area contributed by atoms with Crippen molar-refractivity contribution in [1.82, 2.24) is 0 Å². The van der Waals surface area contributed by atoms with Crippen molar-refractivity contribution in [2.24, 2.45) is 0 Å². The number of rotatable bonds is 7. The number of carbonyl (C=O) groups is 1. The van der Waals surface area contributed by atoms with Crippen LogP contribution in [0.2, 0.25) is 0 Å². The fraction of sp³-hybridized carbons (Fsp3) is 0.350. The number of thioether (sulfide) groups is 1. The molecule has 1 saturated heterocycles. The van der Waals surface area contributed by atoms with Crippen LogP contribution in [0.5, 0.6) is 0 Å². The fourth-order valence-corrected chi connectivity index (χ4v) is 3.78. The Morgan fingerprint density at radius 1 is 1.00 bits per heavy atom. The van der Waals surface area contributed by atoms with Gasteiger partial charge in [0.25, 0.3) is 0 Å². The number of hydrogen-bond acceptors (Lipinski definition) is 3. The van der Waals surface area contributed by atoms with Gasteiger partial charge in [-0.2, -0.15) is 11.8 Å². The van der Waals surface area contributed by atoms with Crippen molar-refractivity contribution in [3.63, 3.8) is 0 Å². The van der Waals surface area contributed by atoms with Gasteiger partial charge in [0.05, 0.1) is 17.1 Å². The van der Waals surface area contributed by atoms with Crippen LogP contribution in [0.1, 0.15) is 18.4 Å². The predicted octanol–water partition coefficient (Wildman–Crippen LogP) is 4.20. The minimum Gasteiger partial charge on any atom is -0.370 e. The molecule has 4 heteroatoms. The minimum absolute atomic E-state index is 0.0831. The van der Waals surface area contributed by atoms with Gasteiger partial charge < -0.3 is 10.2 Å². The van der Waals surface area contributed by atoms with E-state index in [4.69, 9.17) is 0 Å². The molecule has 3 rings (SSSR count). The Labute approximate surface area is 148 Å². The third-order valence-electron chi connectivity index (χ3n) is 4.24. The largest absolute Gasteiger partial charge is 0.370 e. The standard InChI is InChI=1S/C20H24N2OS/c23-20(16-24-15-12-17-8-2-1-3-9-17)21-18-10-4-5-11-19(18)22-13-6-7-14-22/h1-5,8-11H,6-7,12-16H2,(H,21,23). The highest BCUT2D eigenvalue weighted by molar-refractivity contribution is 7.99. The molecule has 3 nitrogen and oxygen atoms in total. The number of nitrogens with one attached hydrogen (secondary N) is 1. The zero-order chi connectivity index (χ0) is 16.6. The zero-order valence-corrected chi connectivity index (χ0v) is 14.7. The highest BCUT2D eigenvalue weighted by Gasteiger charge is 2.16. The summed E-state index contributed by atoms with van der Waals surface area (Å²) < 4.78 is 0. The summed E-state index contributed by atoms with van der Waals surface area (Å²) in [5.74, 6) is 1.55. The van der Waals surface area contributed by atoms with Crippen LogP contribution >= 0.6 is 11.8 Å². The lowest BCUT2D eigenvalue weighted by Crippen LogP contribution is -2.21. The normalized spacial score (nSPS) is 13.9. The van der Waals surface area contributed by atoms with Crippen LogP contribution < -0.4 is 10.2 Å². The predicted molar refractivity (Wildman–Crippen MR) is 104 cm³/mol. The Morgan fingerprint density at radius 3 is 2.50 bits per heavy atom. The molecule has 0 aromatic heterocycles. The molecule has 24 heavy (non-hydrogen) atoms. The van der Waals surface area contributed by atoms with Crippen LogP contribution in [0.3, 0.4) is 0 Å². The SMILES string of the molecule is O=C(CSCCc1ccccc1)Nc1ccccc1N1CCCC1. The summed E-state index contributed by atoms with van der Waals surface area (Å²) in [6, 6.07) is 18.5.